The minimum Gasteiger partial charge on any atom is -0.478 e. The highest BCUT2D eigenvalue weighted by Crippen LogP contribution is 2.32. The van der Waals surface area contributed by atoms with Gasteiger partial charge in [0, 0.05) is 49.9 Å². The number of para-hydroxylation sites is 1. The summed E-state index contributed by atoms with van der Waals surface area (Å²) in [6.07, 6.45) is 0. The van der Waals surface area contributed by atoms with Crippen molar-refractivity contribution in [1.29, 1.82) is 0 Å². The van der Waals surface area contributed by atoms with Gasteiger partial charge in [-0.25, -0.2) is 9.78 Å². The van der Waals surface area contributed by atoms with Gasteiger partial charge in [0.05, 0.1) is 22.5 Å². The molecule has 2 aliphatic heterocycles. The number of fused-ring (bicyclic) bond motifs is 2. The van der Waals surface area contributed by atoms with Crippen molar-refractivity contribution in [2.45, 2.75) is 39.5 Å². The Balaban J connectivity index is 1.47. The van der Waals surface area contributed by atoms with Crippen molar-refractivity contribution in [3.8, 4) is 0 Å². The fourth-order valence-electron chi connectivity index (χ4n) is 6.01. The number of carboxylic acids is 1. The van der Waals surface area contributed by atoms with E-state index in [-0.39, 0.29) is 17.2 Å². The summed E-state index contributed by atoms with van der Waals surface area (Å²) in [5.74, 6) is 0.118. The summed E-state index contributed by atoms with van der Waals surface area (Å²) < 4.78 is 1.88. The van der Waals surface area contributed by atoms with Crippen LogP contribution >= 0.6 is 0 Å². The number of likely N-dealkylation sites (tertiary alicyclic amines) is 1. The second-order valence-electron chi connectivity index (χ2n) is 11.0. The minimum absolute atomic E-state index is 0.0244. The highest BCUT2D eigenvalue weighted by molar-refractivity contribution is 5.94. The average Bonchev–Trinajstić information content (AvgIpc) is 3.33. The van der Waals surface area contributed by atoms with Crippen molar-refractivity contribution >= 4 is 28.5 Å². The number of anilines is 2. The summed E-state index contributed by atoms with van der Waals surface area (Å²) in [6.45, 7) is 7.95. The smallest absolute Gasteiger partial charge is 0.337 e. The topological polar surface area (TPSA) is 90.7 Å². The fraction of sp³-hybridized carbons (Fsp3) is 0.323. The molecule has 200 valence electrons. The molecule has 0 bridgehead atoms. The molecule has 8 heteroatoms. The van der Waals surface area contributed by atoms with E-state index >= 15 is 0 Å². The molecule has 1 fully saturated rings. The van der Waals surface area contributed by atoms with Crippen molar-refractivity contribution in [3.05, 3.63) is 98.8 Å². The number of nitrogens with one attached hydrogen (secondary N) is 1. The van der Waals surface area contributed by atoms with Crippen molar-refractivity contribution in [3.63, 3.8) is 0 Å². The van der Waals surface area contributed by atoms with E-state index < -0.39 is 5.97 Å². The predicted octanol–water partition coefficient (Wildman–Crippen LogP) is 4.66. The fourth-order valence-corrected chi connectivity index (χ4v) is 6.01. The first-order valence-corrected chi connectivity index (χ1v) is 13.4. The number of aromatic carboxylic acids is 1. The molecule has 6 rings (SSSR count). The monoisotopic (exact) mass is 523 g/mol. The van der Waals surface area contributed by atoms with Crippen LogP contribution in [0.5, 0.6) is 0 Å². The third kappa shape index (κ3) is 4.65. The molecule has 4 aromatic rings. The van der Waals surface area contributed by atoms with Crippen molar-refractivity contribution in [2.24, 2.45) is 5.92 Å². The zero-order chi connectivity index (χ0) is 27.3. The molecular weight excluding hydrogens is 490 g/mol. The van der Waals surface area contributed by atoms with Crippen LogP contribution in [0.2, 0.25) is 0 Å². The van der Waals surface area contributed by atoms with Crippen LogP contribution in [-0.4, -0.2) is 45.7 Å². The lowest BCUT2D eigenvalue weighted by molar-refractivity contribution is 0.0698. The summed E-state index contributed by atoms with van der Waals surface area (Å²) in [7, 11) is 2.10. The number of benzene rings is 3. The lowest BCUT2D eigenvalue weighted by atomic mass is 9.99. The van der Waals surface area contributed by atoms with Crippen LogP contribution in [0.3, 0.4) is 0 Å². The van der Waals surface area contributed by atoms with Gasteiger partial charge in [-0.2, -0.15) is 0 Å². The van der Waals surface area contributed by atoms with Crippen LogP contribution in [0.4, 0.5) is 11.6 Å². The maximum absolute atomic E-state index is 14.1. The molecule has 8 nitrogen and oxygen atoms in total. The van der Waals surface area contributed by atoms with Gasteiger partial charge in [0.1, 0.15) is 0 Å². The Hall–Kier alpha value is -4.17. The van der Waals surface area contributed by atoms with E-state index in [1.54, 1.807) is 18.2 Å². The van der Waals surface area contributed by atoms with Crippen molar-refractivity contribution in [1.82, 2.24) is 14.5 Å². The summed E-state index contributed by atoms with van der Waals surface area (Å²) in [4.78, 5) is 35.6. The van der Waals surface area contributed by atoms with Crippen LogP contribution in [0, 0.1) is 12.8 Å². The Morgan fingerprint density at radius 3 is 2.41 bits per heavy atom. The van der Waals surface area contributed by atoms with E-state index in [4.69, 9.17) is 4.98 Å². The number of hydrogen-bond donors (Lipinski definition) is 2. The molecule has 2 N–H and O–H groups in total. The average molecular weight is 524 g/mol. The first-order chi connectivity index (χ1) is 18.8. The van der Waals surface area contributed by atoms with Gasteiger partial charge in [-0.3, -0.25) is 9.36 Å². The number of carboxylic acid groups (broad SMARTS) is 1. The molecule has 1 saturated heterocycles. The molecule has 39 heavy (non-hydrogen) atoms. The maximum atomic E-state index is 14.1. The number of aryl methyl sites for hydroxylation is 1. The van der Waals surface area contributed by atoms with E-state index in [1.807, 2.05) is 36.6 Å². The molecule has 3 heterocycles. The molecule has 1 atom stereocenters. The van der Waals surface area contributed by atoms with Gasteiger partial charge in [-0.15, -0.1) is 0 Å². The van der Waals surface area contributed by atoms with Crippen LogP contribution < -0.4 is 15.8 Å². The first-order valence-electron chi connectivity index (χ1n) is 13.4. The summed E-state index contributed by atoms with van der Waals surface area (Å²) in [5.41, 5.74) is 5.72. The van der Waals surface area contributed by atoms with E-state index in [2.05, 4.69) is 46.4 Å². The minimum atomic E-state index is -0.988. The van der Waals surface area contributed by atoms with Crippen molar-refractivity contribution < 1.29 is 9.90 Å². The van der Waals surface area contributed by atoms with Crippen molar-refractivity contribution in [2.75, 3.05) is 30.4 Å². The molecule has 3 aromatic carbocycles. The van der Waals surface area contributed by atoms with E-state index in [1.165, 1.54) is 11.1 Å². The molecule has 0 amide bonds. The van der Waals surface area contributed by atoms with Gasteiger partial charge in [0.15, 0.2) is 0 Å². The summed E-state index contributed by atoms with van der Waals surface area (Å²) >= 11 is 0. The van der Waals surface area contributed by atoms with E-state index in [0.29, 0.717) is 48.1 Å². The molecule has 2 aliphatic rings. The molecule has 0 spiro atoms. The van der Waals surface area contributed by atoms with Crippen LogP contribution in [0.1, 0.15) is 45.6 Å². The number of nitrogens with zero attached hydrogens (tertiary/aromatic N) is 4. The highest BCUT2D eigenvalue weighted by Gasteiger charge is 2.29. The van der Waals surface area contributed by atoms with Crippen LogP contribution in [0.25, 0.3) is 10.9 Å². The quantitative estimate of drug-likeness (QED) is 0.364. The summed E-state index contributed by atoms with van der Waals surface area (Å²) in [5, 5.41) is 13.6. The highest BCUT2D eigenvalue weighted by atomic mass is 16.4. The lowest BCUT2D eigenvalue weighted by Gasteiger charge is -2.37. The Labute approximate surface area is 227 Å². The zero-order valence-corrected chi connectivity index (χ0v) is 22.5. The molecule has 0 saturated carbocycles. The Morgan fingerprint density at radius 2 is 1.74 bits per heavy atom. The van der Waals surface area contributed by atoms with Gasteiger partial charge in [-0.1, -0.05) is 42.5 Å². The van der Waals surface area contributed by atoms with Gasteiger partial charge in [0.25, 0.3) is 5.56 Å². The Bertz CT molecular complexity index is 1610. The SMILES string of the molecule is Cc1cc(C(C)Nc2ccccc2C(=O)O)c2nc(N3Cc4ccccc4C3)n(CC3CN(C)C3)c(=O)c2c1. The molecule has 1 unspecified atom stereocenters. The largest absolute Gasteiger partial charge is 0.478 e. The zero-order valence-electron chi connectivity index (χ0n) is 22.5. The van der Waals surface area contributed by atoms with Crippen LogP contribution in [-0.2, 0) is 19.6 Å². The Kier molecular flexibility index (Phi) is 6.35. The van der Waals surface area contributed by atoms with E-state index in [9.17, 15) is 14.7 Å². The van der Waals surface area contributed by atoms with Crippen LogP contribution in [0.15, 0.2) is 65.5 Å². The molecule has 0 radical (unpaired) electrons. The normalized spacial score (nSPS) is 16.2. The molecule has 0 aliphatic carbocycles. The third-order valence-corrected chi connectivity index (χ3v) is 7.91. The first kappa shape index (κ1) is 25.1. The molecular formula is C31H33N5O3. The van der Waals surface area contributed by atoms with Gasteiger partial charge in [0.2, 0.25) is 5.95 Å². The number of rotatable bonds is 7. The summed E-state index contributed by atoms with van der Waals surface area (Å²) in [6, 6.07) is 19.0. The number of hydrogen-bond acceptors (Lipinski definition) is 6. The number of carbonyl (C=O) groups is 1. The second kappa shape index (κ2) is 9.85. The predicted molar refractivity (Wildman–Crippen MR) is 153 cm³/mol. The standard InChI is InChI=1S/C31H33N5O3/c1-19-12-25(20(2)32-27-11-7-6-10-24(27)30(38)39)28-26(13-19)29(37)36(16-21-14-34(3)15-21)31(33-28)35-17-22-8-4-5-9-23(22)18-35/h4-13,20-21,32H,14-18H2,1-3H3,(H,38,39). The molecule has 1 aromatic heterocycles. The third-order valence-electron chi connectivity index (χ3n) is 7.91. The lowest BCUT2D eigenvalue weighted by Crippen LogP contribution is -2.47. The second-order valence-corrected chi connectivity index (χ2v) is 11.0. The van der Waals surface area contributed by atoms with Gasteiger partial charge >= 0.3 is 5.97 Å². The number of aromatic nitrogens is 2. The van der Waals surface area contributed by atoms with Gasteiger partial charge < -0.3 is 20.2 Å². The van der Waals surface area contributed by atoms with E-state index in [0.717, 1.165) is 24.2 Å². The maximum Gasteiger partial charge on any atom is 0.337 e. The van der Waals surface area contributed by atoms with Gasteiger partial charge in [-0.05, 0) is 55.8 Å². The Morgan fingerprint density at radius 1 is 1.08 bits per heavy atom.